The largest absolute Gasteiger partial charge is 0.469 e. The van der Waals surface area contributed by atoms with Crippen molar-refractivity contribution in [3.8, 4) is 0 Å². The van der Waals surface area contributed by atoms with Crippen molar-refractivity contribution < 1.29 is 19.1 Å². The third kappa shape index (κ3) is 5.33. The second kappa shape index (κ2) is 10.1. The van der Waals surface area contributed by atoms with Gasteiger partial charge in [0.2, 0.25) is 11.8 Å². The molecule has 0 aliphatic heterocycles. The number of aromatic nitrogens is 2. The average molecular weight is 455 g/mol. The van der Waals surface area contributed by atoms with E-state index in [1.54, 1.807) is 43.3 Å². The van der Waals surface area contributed by atoms with Crippen molar-refractivity contribution in [3.63, 3.8) is 0 Å². The van der Waals surface area contributed by atoms with Gasteiger partial charge in [-0.15, -0.1) is 0 Å². The summed E-state index contributed by atoms with van der Waals surface area (Å²) >= 11 is 1.11. The van der Waals surface area contributed by atoms with Gasteiger partial charge < -0.3 is 15.8 Å². The molecular weight excluding hydrogens is 432 g/mol. The van der Waals surface area contributed by atoms with Crippen molar-refractivity contribution in [2.45, 2.75) is 30.3 Å². The number of nitrogens with zero attached hydrogens (tertiary/aromatic N) is 2. The molecule has 3 aromatic rings. The number of carbonyl (C=O) groups excluding carboxylic acids is 3. The molecule has 0 aliphatic rings. The van der Waals surface area contributed by atoms with Gasteiger partial charge in [-0.3, -0.25) is 23.7 Å². The van der Waals surface area contributed by atoms with Crippen molar-refractivity contribution in [1.82, 2.24) is 9.55 Å². The first-order valence-electron chi connectivity index (χ1n) is 9.74. The lowest BCUT2D eigenvalue weighted by Crippen LogP contribution is -2.28. The molecule has 0 spiro atoms. The zero-order chi connectivity index (χ0) is 23.3. The molecule has 0 saturated carbocycles. The number of amides is 2. The van der Waals surface area contributed by atoms with Crippen LogP contribution in [0.1, 0.15) is 23.7 Å². The third-order valence-electron chi connectivity index (χ3n) is 4.68. The van der Waals surface area contributed by atoms with Gasteiger partial charge in [0, 0.05) is 17.8 Å². The van der Waals surface area contributed by atoms with Crippen LogP contribution in [0.3, 0.4) is 0 Å². The third-order valence-corrected chi connectivity index (χ3v) is 5.77. The minimum Gasteiger partial charge on any atom is -0.469 e. The van der Waals surface area contributed by atoms with Gasteiger partial charge in [-0.1, -0.05) is 23.9 Å². The second-order valence-corrected chi connectivity index (χ2v) is 8.19. The Labute approximate surface area is 188 Å². The quantitative estimate of drug-likeness (QED) is 0.303. The normalized spacial score (nSPS) is 11.7. The monoisotopic (exact) mass is 454 g/mol. The first kappa shape index (κ1) is 23.0. The first-order chi connectivity index (χ1) is 15.3. The first-order valence-corrected chi connectivity index (χ1v) is 10.6. The number of hydrogen-bond donors (Lipinski definition) is 2. The number of methoxy groups -OCH3 is 1. The van der Waals surface area contributed by atoms with Crippen molar-refractivity contribution >= 4 is 46.1 Å². The van der Waals surface area contributed by atoms with Crippen LogP contribution in [0.2, 0.25) is 0 Å². The number of ether oxygens (including phenoxy) is 1. The molecule has 0 unspecified atom stereocenters. The molecule has 1 heterocycles. The number of anilines is 1. The molecule has 2 aromatic carbocycles. The van der Waals surface area contributed by atoms with E-state index in [0.29, 0.717) is 27.3 Å². The summed E-state index contributed by atoms with van der Waals surface area (Å²) < 4.78 is 6.06. The van der Waals surface area contributed by atoms with Gasteiger partial charge in [-0.25, -0.2) is 4.98 Å². The number of para-hydroxylation sites is 1. The van der Waals surface area contributed by atoms with E-state index in [-0.39, 0.29) is 24.4 Å². The molecule has 0 fully saturated rings. The molecule has 3 N–H and O–H groups in total. The van der Waals surface area contributed by atoms with Crippen LogP contribution in [0, 0.1) is 0 Å². The Balaban J connectivity index is 1.83. The van der Waals surface area contributed by atoms with Crippen LogP contribution in [0.4, 0.5) is 5.69 Å². The predicted octanol–water partition coefficient (Wildman–Crippen LogP) is 2.18. The van der Waals surface area contributed by atoms with Crippen LogP contribution in [0.25, 0.3) is 10.9 Å². The van der Waals surface area contributed by atoms with Crippen LogP contribution in [-0.4, -0.2) is 39.7 Å². The highest BCUT2D eigenvalue weighted by molar-refractivity contribution is 8.00. The van der Waals surface area contributed by atoms with Crippen LogP contribution in [-0.2, 0) is 20.9 Å². The summed E-state index contributed by atoms with van der Waals surface area (Å²) in [6, 6.07) is 13.1. The van der Waals surface area contributed by atoms with Crippen LogP contribution in [0.15, 0.2) is 58.5 Å². The lowest BCUT2D eigenvalue weighted by Gasteiger charge is -2.16. The van der Waals surface area contributed by atoms with Gasteiger partial charge in [0.1, 0.15) is 0 Å². The van der Waals surface area contributed by atoms with E-state index in [0.717, 1.165) is 11.8 Å². The number of benzene rings is 2. The number of nitrogens with two attached hydrogens (primary N) is 1. The molecule has 0 saturated heterocycles. The maximum absolute atomic E-state index is 13.0. The highest BCUT2D eigenvalue weighted by atomic mass is 32.2. The van der Waals surface area contributed by atoms with E-state index >= 15 is 0 Å². The Bertz CT molecular complexity index is 1220. The number of primary amides is 1. The Hall–Kier alpha value is -3.66. The Kier molecular flexibility index (Phi) is 7.26. The van der Waals surface area contributed by atoms with Gasteiger partial charge in [0.15, 0.2) is 5.16 Å². The molecule has 9 nitrogen and oxygen atoms in total. The molecule has 2 amide bonds. The van der Waals surface area contributed by atoms with Gasteiger partial charge >= 0.3 is 5.97 Å². The Morgan fingerprint density at radius 2 is 1.84 bits per heavy atom. The maximum atomic E-state index is 13.0. The molecule has 10 heteroatoms. The molecular formula is C22H22N4O5S. The Morgan fingerprint density at radius 1 is 1.16 bits per heavy atom. The van der Waals surface area contributed by atoms with E-state index < -0.39 is 17.1 Å². The fourth-order valence-corrected chi connectivity index (χ4v) is 3.85. The molecule has 0 bridgehead atoms. The zero-order valence-corrected chi connectivity index (χ0v) is 18.3. The number of fused-ring (bicyclic) bond motifs is 1. The number of thioether (sulfide) groups is 1. The number of carbonyl (C=O) groups is 3. The number of hydrogen-bond acceptors (Lipinski definition) is 7. The highest BCUT2D eigenvalue weighted by Crippen LogP contribution is 2.24. The fraction of sp³-hybridized carbons (Fsp3) is 0.227. The van der Waals surface area contributed by atoms with Crippen LogP contribution < -0.4 is 16.6 Å². The molecule has 1 aromatic heterocycles. The van der Waals surface area contributed by atoms with Gasteiger partial charge in [0.25, 0.3) is 5.56 Å². The summed E-state index contributed by atoms with van der Waals surface area (Å²) in [6.45, 7) is 1.76. The van der Waals surface area contributed by atoms with Crippen molar-refractivity contribution in [1.29, 1.82) is 0 Å². The Morgan fingerprint density at radius 3 is 2.50 bits per heavy atom. The van der Waals surface area contributed by atoms with Crippen molar-refractivity contribution in [2.24, 2.45) is 5.73 Å². The van der Waals surface area contributed by atoms with E-state index in [2.05, 4.69) is 15.0 Å². The lowest BCUT2D eigenvalue weighted by molar-refractivity contribution is -0.140. The van der Waals surface area contributed by atoms with Crippen molar-refractivity contribution in [3.05, 3.63) is 64.4 Å². The summed E-state index contributed by atoms with van der Waals surface area (Å²) in [5.41, 5.74) is 6.27. The molecule has 3 rings (SSSR count). The summed E-state index contributed by atoms with van der Waals surface area (Å²) in [4.78, 5) is 53.0. The van der Waals surface area contributed by atoms with Crippen molar-refractivity contribution in [2.75, 3.05) is 12.4 Å². The van der Waals surface area contributed by atoms with Gasteiger partial charge in [0.05, 0.1) is 29.7 Å². The molecule has 0 radical (unpaired) electrons. The predicted molar refractivity (Wildman–Crippen MR) is 122 cm³/mol. The standard InChI is InChI=1S/C22H22N4O5S/c1-13(20(29)24-15-9-7-14(8-10-15)19(23)28)32-22-25-17-6-4-3-5-16(17)21(30)26(22)12-11-18(27)31-2/h3-10,13H,11-12H2,1-2H3,(H2,23,28)(H,24,29)/t13-/m0/s1. The molecule has 166 valence electrons. The summed E-state index contributed by atoms with van der Waals surface area (Å²) in [7, 11) is 1.28. The molecule has 1 atom stereocenters. The maximum Gasteiger partial charge on any atom is 0.307 e. The topological polar surface area (TPSA) is 133 Å². The average Bonchev–Trinajstić information content (AvgIpc) is 2.78. The number of esters is 1. The fourth-order valence-electron chi connectivity index (χ4n) is 2.91. The van der Waals surface area contributed by atoms with Crippen LogP contribution in [0.5, 0.6) is 0 Å². The number of nitrogens with one attached hydrogen (secondary N) is 1. The summed E-state index contributed by atoms with van der Waals surface area (Å²) in [5, 5.41) is 2.90. The minimum absolute atomic E-state index is 0.00320. The van der Waals surface area contributed by atoms with E-state index in [1.165, 1.54) is 23.8 Å². The van der Waals surface area contributed by atoms with E-state index in [1.807, 2.05) is 0 Å². The van der Waals surface area contributed by atoms with Gasteiger partial charge in [-0.05, 0) is 43.3 Å². The summed E-state index contributed by atoms with van der Waals surface area (Å²) in [5.74, 6) is -1.32. The van der Waals surface area contributed by atoms with E-state index in [9.17, 15) is 19.2 Å². The molecule has 32 heavy (non-hydrogen) atoms. The van der Waals surface area contributed by atoms with E-state index in [4.69, 9.17) is 5.73 Å². The highest BCUT2D eigenvalue weighted by Gasteiger charge is 2.20. The van der Waals surface area contributed by atoms with Crippen LogP contribution >= 0.6 is 11.8 Å². The van der Waals surface area contributed by atoms with Gasteiger partial charge in [-0.2, -0.15) is 0 Å². The smallest absolute Gasteiger partial charge is 0.307 e. The number of rotatable bonds is 8. The zero-order valence-electron chi connectivity index (χ0n) is 17.5. The molecule has 0 aliphatic carbocycles. The minimum atomic E-state index is -0.608. The summed E-state index contributed by atoms with van der Waals surface area (Å²) in [6.07, 6.45) is -0.00320. The second-order valence-electron chi connectivity index (χ2n) is 6.89. The SMILES string of the molecule is COC(=O)CCn1c(S[C@@H](C)C(=O)Nc2ccc(C(N)=O)cc2)nc2ccccc2c1=O. The lowest BCUT2D eigenvalue weighted by atomic mass is 10.2.